The smallest absolute Gasteiger partial charge is 0.263 e. The maximum absolute atomic E-state index is 9.11. The van der Waals surface area contributed by atoms with Gasteiger partial charge in [-0.3, -0.25) is 9.11 Å². The summed E-state index contributed by atoms with van der Waals surface area (Å²) in [6.07, 6.45) is -2.50. The molecule has 3 atom stereocenters. The van der Waals surface area contributed by atoms with Crippen molar-refractivity contribution in [2.45, 2.75) is 39.5 Å². The zero-order valence-corrected chi connectivity index (χ0v) is 10.3. The normalized spacial score (nSPS) is 17.7. The third-order valence-corrected chi connectivity index (χ3v) is 1.29. The molecule has 5 N–H and O–H groups in total. The van der Waals surface area contributed by atoms with E-state index in [1.165, 1.54) is 25.7 Å². The van der Waals surface area contributed by atoms with Gasteiger partial charge in [0.15, 0.2) is 0 Å². The molecule has 0 aliphatic heterocycles. The Hall–Kier alpha value is 0.130. The lowest BCUT2D eigenvalue weighted by Crippen LogP contribution is -2.45. The Labute approximate surface area is 93.7 Å². The van der Waals surface area contributed by atoms with E-state index in [0.717, 1.165) is 0 Å². The number of hydrogen-bond acceptors (Lipinski definition) is 6. The molecule has 0 aromatic heterocycles. The summed E-state index contributed by atoms with van der Waals surface area (Å²) >= 11 is 3.47. The first-order valence-electron chi connectivity index (χ1n) is 3.98. The van der Waals surface area contributed by atoms with Crippen LogP contribution in [0.2, 0.25) is 0 Å². The molecular weight excluding hydrogens is 246 g/mol. The van der Waals surface area contributed by atoms with Crippen molar-refractivity contribution in [2.24, 2.45) is 0 Å². The summed E-state index contributed by atoms with van der Waals surface area (Å²) in [6, 6.07) is 0. The van der Waals surface area contributed by atoms with Crippen molar-refractivity contribution in [2.75, 3.05) is 0 Å². The lowest BCUT2D eigenvalue weighted by atomic mass is 10.4. The van der Waals surface area contributed by atoms with Crippen LogP contribution in [0.1, 0.15) is 20.8 Å². The highest BCUT2D eigenvalue weighted by Gasteiger charge is 2.20. The van der Waals surface area contributed by atoms with Crippen LogP contribution in [-0.2, 0) is 20.2 Å². The number of rotatable bonds is 3. The standard InChI is InChI=1S/C6H15NO3.H2O3S2/c1-4(8)7(5(2)9)6(3)10;1-5(2,3)4/h4-6,8-10H,1-3H3;(H2,1,2,3,4). The first-order valence-corrected chi connectivity index (χ1v) is 6.38. The molecule has 9 heteroatoms. The summed E-state index contributed by atoms with van der Waals surface area (Å²) in [6.45, 7) is 4.46. The highest BCUT2D eigenvalue weighted by atomic mass is 32.9. The number of hydrogen-bond donors (Lipinski definition) is 5. The molecule has 0 heterocycles. The Kier molecular flexibility index (Phi) is 8.66. The lowest BCUT2D eigenvalue weighted by molar-refractivity contribution is -0.159. The molecule has 0 aromatic rings. The maximum Gasteiger partial charge on any atom is 0.263 e. The van der Waals surface area contributed by atoms with Gasteiger partial charge in [0.2, 0.25) is 0 Å². The van der Waals surface area contributed by atoms with Gasteiger partial charge in [0.1, 0.15) is 18.7 Å². The van der Waals surface area contributed by atoms with E-state index < -0.39 is 27.7 Å². The van der Waals surface area contributed by atoms with Crippen LogP contribution in [0.25, 0.3) is 0 Å². The fourth-order valence-electron chi connectivity index (χ4n) is 0.937. The second-order valence-corrected chi connectivity index (χ2v) is 4.99. The van der Waals surface area contributed by atoms with Gasteiger partial charge in [-0.05, 0) is 20.8 Å². The maximum atomic E-state index is 9.11. The van der Waals surface area contributed by atoms with Crippen LogP contribution in [0.15, 0.2) is 0 Å². The molecule has 15 heavy (non-hydrogen) atoms. The van der Waals surface area contributed by atoms with E-state index in [-0.39, 0.29) is 0 Å². The van der Waals surface area contributed by atoms with E-state index in [4.69, 9.17) is 28.6 Å². The minimum atomic E-state index is -3.83. The van der Waals surface area contributed by atoms with Crippen LogP contribution in [0.5, 0.6) is 0 Å². The Morgan fingerprint density at radius 3 is 1.13 bits per heavy atom. The Morgan fingerprint density at radius 2 is 1.13 bits per heavy atom. The fraction of sp³-hybridized carbons (Fsp3) is 1.00. The van der Waals surface area contributed by atoms with Crippen molar-refractivity contribution in [3.63, 3.8) is 0 Å². The van der Waals surface area contributed by atoms with Crippen molar-refractivity contribution in [3.05, 3.63) is 0 Å². The molecular formula is C6H17NO6S2. The molecule has 0 aromatic carbocycles. The average Bonchev–Trinajstić information content (AvgIpc) is 1.77. The quantitative estimate of drug-likeness (QED) is 0.410. The van der Waals surface area contributed by atoms with Crippen LogP contribution in [0.3, 0.4) is 0 Å². The minimum Gasteiger partial charge on any atom is -0.379 e. The van der Waals surface area contributed by atoms with E-state index in [2.05, 4.69) is 11.2 Å². The summed E-state index contributed by atoms with van der Waals surface area (Å²) in [4.78, 5) is 1.17. The summed E-state index contributed by atoms with van der Waals surface area (Å²) in [5, 5.41) is 26.9. The van der Waals surface area contributed by atoms with E-state index in [1.807, 2.05) is 0 Å². The molecule has 0 saturated carbocycles. The van der Waals surface area contributed by atoms with E-state index in [0.29, 0.717) is 0 Å². The monoisotopic (exact) mass is 263 g/mol. The molecule has 0 fully saturated rings. The van der Waals surface area contributed by atoms with Crippen LogP contribution in [0, 0.1) is 0 Å². The minimum absolute atomic E-state index is 0.833. The predicted octanol–water partition coefficient (Wildman–Crippen LogP) is -1.02. The van der Waals surface area contributed by atoms with Crippen LogP contribution in [0.4, 0.5) is 0 Å². The summed E-state index contributed by atoms with van der Waals surface area (Å²) in [5.41, 5.74) is 0. The Balaban J connectivity index is 0. The first kappa shape index (κ1) is 17.5. The van der Waals surface area contributed by atoms with Crippen molar-refractivity contribution in [1.29, 1.82) is 0 Å². The molecule has 0 rings (SSSR count). The molecule has 0 aliphatic rings. The first-order chi connectivity index (χ1) is 6.46. The fourth-order valence-corrected chi connectivity index (χ4v) is 0.937. The van der Waals surface area contributed by atoms with Crippen LogP contribution in [-0.4, -0.2) is 52.2 Å². The highest BCUT2D eigenvalue weighted by Crippen LogP contribution is 2.04. The van der Waals surface area contributed by atoms with Gasteiger partial charge < -0.3 is 15.3 Å². The van der Waals surface area contributed by atoms with E-state index in [1.54, 1.807) is 0 Å². The molecule has 0 spiro atoms. The van der Waals surface area contributed by atoms with Gasteiger partial charge in [0, 0.05) is 11.2 Å². The third-order valence-electron chi connectivity index (χ3n) is 1.29. The molecule has 0 aliphatic carbocycles. The van der Waals surface area contributed by atoms with Crippen molar-refractivity contribution < 1.29 is 28.6 Å². The number of nitrogens with zero attached hydrogens (tertiary/aromatic N) is 1. The van der Waals surface area contributed by atoms with E-state index >= 15 is 0 Å². The van der Waals surface area contributed by atoms with Crippen LogP contribution >= 0.6 is 0 Å². The second kappa shape index (κ2) is 7.41. The van der Waals surface area contributed by atoms with Gasteiger partial charge in [-0.1, -0.05) is 0 Å². The van der Waals surface area contributed by atoms with Gasteiger partial charge in [-0.2, -0.15) is 4.21 Å². The number of aliphatic hydroxyl groups is 3. The molecule has 0 saturated heterocycles. The molecule has 0 bridgehead atoms. The largest absolute Gasteiger partial charge is 0.379 e. The summed E-state index contributed by atoms with van der Waals surface area (Å²) in [5.74, 6) is 0. The SMILES string of the molecule is CC(O)N(C(C)O)C(C)O.O=S(O)(O)=S. The second-order valence-electron chi connectivity index (χ2n) is 2.79. The zero-order valence-electron chi connectivity index (χ0n) is 8.64. The van der Waals surface area contributed by atoms with Gasteiger partial charge in [-0.15, -0.1) is 0 Å². The highest BCUT2D eigenvalue weighted by molar-refractivity contribution is 8.26. The molecule has 7 nitrogen and oxygen atoms in total. The van der Waals surface area contributed by atoms with Gasteiger partial charge >= 0.3 is 0 Å². The molecule has 94 valence electrons. The summed E-state index contributed by atoms with van der Waals surface area (Å²) in [7, 11) is -3.83. The van der Waals surface area contributed by atoms with Crippen LogP contribution < -0.4 is 0 Å². The van der Waals surface area contributed by atoms with Gasteiger partial charge in [0.25, 0.3) is 9.05 Å². The average molecular weight is 263 g/mol. The van der Waals surface area contributed by atoms with Crippen molar-refractivity contribution in [1.82, 2.24) is 4.90 Å². The van der Waals surface area contributed by atoms with Crippen molar-refractivity contribution >= 4 is 20.2 Å². The number of aliphatic hydroxyl groups excluding tert-OH is 3. The Morgan fingerprint density at radius 1 is 1.00 bits per heavy atom. The van der Waals surface area contributed by atoms with Crippen molar-refractivity contribution in [3.8, 4) is 0 Å². The molecule has 3 unspecified atom stereocenters. The predicted molar refractivity (Wildman–Crippen MR) is 57.6 cm³/mol. The topological polar surface area (TPSA) is 121 Å². The Bertz CT molecular complexity index is 223. The zero-order chi connectivity index (χ0) is 12.8. The summed E-state index contributed by atoms with van der Waals surface area (Å²) < 4.78 is 24.0. The van der Waals surface area contributed by atoms with E-state index in [9.17, 15) is 0 Å². The van der Waals surface area contributed by atoms with Gasteiger partial charge in [-0.25, -0.2) is 4.90 Å². The van der Waals surface area contributed by atoms with Gasteiger partial charge in [0.05, 0.1) is 0 Å². The lowest BCUT2D eigenvalue weighted by Gasteiger charge is -2.30. The molecule has 0 amide bonds. The molecule has 0 radical (unpaired) electrons. The third kappa shape index (κ3) is 14.1.